The first-order valence-electron chi connectivity index (χ1n) is 8.02. The van der Waals surface area contributed by atoms with Crippen molar-refractivity contribution in [1.82, 2.24) is 10.3 Å². The first kappa shape index (κ1) is 15.8. The third-order valence-corrected chi connectivity index (χ3v) is 4.92. The Morgan fingerprint density at radius 2 is 2.10 bits per heavy atom. The van der Waals surface area contributed by atoms with Crippen LogP contribution in [-0.4, -0.2) is 17.6 Å². The molecule has 1 aromatic heterocycles. The van der Waals surface area contributed by atoms with Gasteiger partial charge in [-0.3, -0.25) is 4.98 Å². The van der Waals surface area contributed by atoms with Crippen molar-refractivity contribution in [2.75, 3.05) is 6.54 Å². The smallest absolute Gasteiger partial charge is 0.0621 e. The standard InChI is InChI=1S/C17H27ClN2/c1-3-9-20-17(14-6-4-13(2)5-7-14)11-15-8-10-19-12-16(15)18/h8,10,12-14,17,20H,3-7,9,11H2,1-2H3. The van der Waals surface area contributed by atoms with E-state index in [9.17, 15) is 0 Å². The molecule has 0 radical (unpaired) electrons. The Kier molecular flexibility index (Phi) is 6.31. The second-order valence-corrected chi connectivity index (χ2v) is 6.66. The van der Waals surface area contributed by atoms with Crippen LogP contribution in [0.5, 0.6) is 0 Å². The Morgan fingerprint density at radius 3 is 2.75 bits per heavy atom. The summed E-state index contributed by atoms with van der Waals surface area (Å²) in [5.74, 6) is 1.70. The maximum atomic E-state index is 6.27. The lowest BCUT2D eigenvalue weighted by Crippen LogP contribution is -2.40. The van der Waals surface area contributed by atoms with Crippen molar-refractivity contribution in [2.24, 2.45) is 11.8 Å². The predicted molar refractivity (Wildman–Crippen MR) is 86.2 cm³/mol. The number of rotatable bonds is 6. The molecule has 1 heterocycles. The van der Waals surface area contributed by atoms with Gasteiger partial charge in [0.1, 0.15) is 0 Å². The van der Waals surface area contributed by atoms with E-state index in [1.807, 2.05) is 6.20 Å². The van der Waals surface area contributed by atoms with Crippen LogP contribution in [0.15, 0.2) is 18.5 Å². The number of hydrogen-bond donors (Lipinski definition) is 1. The molecule has 1 fully saturated rings. The lowest BCUT2D eigenvalue weighted by atomic mass is 9.77. The zero-order valence-corrected chi connectivity index (χ0v) is 13.5. The lowest BCUT2D eigenvalue weighted by molar-refractivity contribution is 0.229. The maximum absolute atomic E-state index is 6.27. The van der Waals surface area contributed by atoms with E-state index in [1.165, 1.54) is 37.7 Å². The maximum Gasteiger partial charge on any atom is 0.0621 e. The topological polar surface area (TPSA) is 24.9 Å². The molecule has 0 aromatic carbocycles. The minimum absolute atomic E-state index is 0.558. The molecule has 1 saturated carbocycles. The van der Waals surface area contributed by atoms with Crippen LogP contribution in [0.4, 0.5) is 0 Å². The van der Waals surface area contributed by atoms with E-state index in [2.05, 4.69) is 30.2 Å². The highest BCUT2D eigenvalue weighted by Gasteiger charge is 2.26. The summed E-state index contributed by atoms with van der Waals surface area (Å²) >= 11 is 6.27. The molecular formula is C17H27ClN2. The molecule has 1 unspecified atom stereocenters. The van der Waals surface area contributed by atoms with Crippen LogP contribution in [0.2, 0.25) is 5.02 Å². The SMILES string of the molecule is CCCNC(Cc1ccncc1Cl)C1CCC(C)CC1. The van der Waals surface area contributed by atoms with Gasteiger partial charge in [0.2, 0.25) is 0 Å². The first-order chi connectivity index (χ1) is 9.70. The molecule has 2 rings (SSSR count). The van der Waals surface area contributed by atoms with Gasteiger partial charge in [-0.15, -0.1) is 0 Å². The van der Waals surface area contributed by atoms with Crippen molar-refractivity contribution in [3.05, 3.63) is 29.0 Å². The largest absolute Gasteiger partial charge is 0.313 e. The molecule has 1 aromatic rings. The van der Waals surface area contributed by atoms with Crippen molar-refractivity contribution < 1.29 is 0 Å². The van der Waals surface area contributed by atoms with Gasteiger partial charge in [-0.05, 0) is 55.7 Å². The van der Waals surface area contributed by atoms with E-state index in [4.69, 9.17) is 11.6 Å². The van der Waals surface area contributed by atoms with Crippen molar-refractivity contribution >= 4 is 11.6 Å². The fourth-order valence-electron chi connectivity index (χ4n) is 3.23. The number of halogens is 1. The van der Waals surface area contributed by atoms with E-state index in [1.54, 1.807) is 6.20 Å². The number of aromatic nitrogens is 1. The Labute approximate surface area is 128 Å². The van der Waals surface area contributed by atoms with Crippen LogP contribution in [-0.2, 0) is 6.42 Å². The molecule has 112 valence electrons. The molecule has 1 aliphatic carbocycles. The van der Waals surface area contributed by atoms with Gasteiger partial charge in [-0.1, -0.05) is 38.3 Å². The average molecular weight is 295 g/mol. The summed E-state index contributed by atoms with van der Waals surface area (Å²) in [4.78, 5) is 4.08. The van der Waals surface area contributed by atoms with E-state index >= 15 is 0 Å². The van der Waals surface area contributed by atoms with Crippen LogP contribution < -0.4 is 5.32 Å². The molecule has 0 aliphatic heterocycles. The molecule has 1 aliphatic rings. The zero-order chi connectivity index (χ0) is 14.4. The second-order valence-electron chi connectivity index (χ2n) is 6.25. The van der Waals surface area contributed by atoms with Crippen molar-refractivity contribution in [2.45, 2.75) is 58.4 Å². The van der Waals surface area contributed by atoms with Gasteiger partial charge in [-0.2, -0.15) is 0 Å². The van der Waals surface area contributed by atoms with Crippen LogP contribution in [0.25, 0.3) is 0 Å². The van der Waals surface area contributed by atoms with Crippen molar-refractivity contribution in [3.63, 3.8) is 0 Å². The normalized spacial score (nSPS) is 24.6. The van der Waals surface area contributed by atoms with Crippen molar-refractivity contribution in [3.8, 4) is 0 Å². The molecule has 2 nitrogen and oxygen atoms in total. The first-order valence-corrected chi connectivity index (χ1v) is 8.40. The van der Waals surface area contributed by atoms with Gasteiger partial charge < -0.3 is 5.32 Å². The molecule has 3 heteroatoms. The lowest BCUT2D eigenvalue weighted by Gasteiger charge is -2.33. The Hall–Kier alpha value is -0.600. The summed E-state index contributed by atoms with van der Waals surface area (Å²) in [5, 5.41) is 4.56. The van der Waals surface area contributed by atoms with Gasteiger partial charge >= 0.3 is 0 Å². The second kappa shape index (κ2) is 7.99. The van der Waals surface area contributed by atoms with Gasteiger partial charge in [-0.25, -0.2) is 0 Å². The molecule has 1 atom stereocenters. The Morgan fingerprint density at radius 1 is 1.35 bits per heavy atom. The van der Waals surface area contributed by atoms with E-state index in [0.29, 0.717) is 6.04 Å². The number of hydrogen-bond acceptors (Lipinski definition) is 2. The Bertz CT molecular complexity index is 400. The highest BCUT2D eigenvalue weighted by atomic mass is 35.5. The van der Waals surface area contributed by atoms with Gasteiger partial charge in [0, 0.05) is 18.4 Å². The summed E-state index contributed by atoms with van der Waals surface area (Å²) in [6, 6.07) is 2.62. The van der Waals surface area contributed by atoms with Crippen LogP contribution in [0, 0.1) is 11.8 Å². The molecule has 0 saturated heterocycles. The van der Waals surface area contributed by atoms with Crippen LogP contribution >= 0.6 is 11.6 Å². The predicted octanol–water partition coefficient (Wildman–Crippen LogP) is 4.47. The molecular weight excluding hydrogens is 268 g/mol. The number of pyridine rings is 1. The third-order valence-electron chi connectivity index (χ3n) is 4.58. The monoisotopic (exact) mass is 294 g/mol. The summed E-state index contributed by atoms with van der Waals surface area (Å²) in [6.45, 7) is 5.70. The fraction of sp³-hybridized carbons (Fsp3) is 0.706. The van der Waals surface area contributed by atoms with E-state index in [0.717, 1.165) is 29.8 Å². The number of nitrogens with zero attached hydrogens (tertiary/aromatic N) is 1. The highest BCUT2D eigenvalue weighted by Crippen LogP contribution is 2.32. The molecule has 0 spiro atoms. The zero-order valence-electron chi connectivity index (χ0n) is 12.7. The van der Waals surface area contributed by atoms with E-state index in [-0.39, 0.29) is 0 Å². The van der Waals surface area contributed by atoms with Gasteiger partial charge in [0.25, 0.3) is 0 Å². The van der Waals surface area contributed by atoms with E-state index < -0.39 is 0 Å². The molecule has 0 bridgehead atoms. The third kappa shape index (κ3) is 4.46. The minimum atomic E-state index is 0.558. The van der Waals surface area contributed by atoms with Crippen LogP contribution in [0.3, 0.4) is 0 Å². The average Bonchev–Trinajstić information content (AvgIpc) is 2.46. The summed E-state index contributed by atoms with van der Waals surface area (Å²) in [6.07, 6.45) is 11.3. The summed E-state index contributed by atoms with van der Waals surface area (Å²) < 4.78 is 0. The number of nitrogens with one attached hydrogen (secondary N) is 1. The van der Waals surface area contributed by atoms with Crippen molar-refractivity contribution in [1.29, 1.82) is 0 Å². The van der Waals surface area contributed by atoms with Gasteiger partial charge in [0.05, 0.1) is 5.02 Å². The quantitative estimate of drug-likeness (QED) is 0.837. The van der Waals surface area contributed by atoms with Crippen LogP contribution in [0.1, 0.15) is 51.5 Å². The summed E-state index contributed by atoms with van der Waals surface area (Å²) in [5.41, 5.74) is 1.23. The summed E-state index contributed by atoms with van der Waals surface area (Å²) in [7, 11) is 0. The fourth-order valence-corrected chi connectivity index (χ4v) is 3.43. The van der Waals surface area contributed by atoms with Gasteiger partial charge in [0.15, 0.2) is 0 Å². The Balaban J connectivity index is 2.01. The molecule has 20 heavy (non-hydrogen) atoms. The highest BCUT2D eigenvalue weighted by molar-refractivity contribution is 6.31. The minimum Gasteiger partial charge on any atom is -0.313 e. The molecule has 0 amide bonds. The molecule has 1 N–H and O–H groups in total.